The number of aromatic amines is 1. The van der Waals surface area contributed by atoms with Crippen LogP contribution in [0.25, 0.3) is 10.9 Å². The van der Waals surface area contributed by atoms with Crippen molar-refractivity contribution in [2.75, 3.05) is 0 Å². The molecule has 7 nitrogen and oxygen atoms in total. The van der Waals surface area contributed by atoms with Crippen LogP contribution in [0.1, 0.15) is 78.5 Å². The van der Waals surface area contributed by atoms with Gasteiger partial charge >= 0.3 is 0 Å². The zero-order valence-corrected chi connectivity index (χ0v) is 20.9. The van der Waals surface area contributed by atoms with Gasteiger partial charge in [0.15, 0.2) is 5.82 Å². The van der Waals surface area contributed by atoms with E-state index in [9.17, 15) is 4.79 Å². The first-order valence-electron chi connectivity index (χ1n) is 12.2. The highest BCUT2D eigenvalue weighted by atomic mass is 32.1. The van der Waals surface area contributed by atoms with E-state index in [1.54, 1.807) is 11.3 Å². The van der Waals surface area contributed by atoms with Crippen LogP contribution >= 0.6 is 11.3 Å². The number of aromatic nitrogens is 5. The summed E-state index contributed by atoms with van der Waals surface area (Å²) in [5.41, 5.74) is 4.03. The van der Waals surface area contributed by atoms with Gasteiger partial charge in [-0.15, -0.1) is 16.4 Å². The summed E-state index contributed by atoms with van der Waals surface area (Å²) in [6, 6.07) is 10.9. The Kier molecular flexibility index (Phi) is 6.61. The zero-order chi connectivity index (χ0) is 23.7. The molecule has 0 spiro atoms. The van der Waals surface area contributed by atoms with Gasteiger partial charge in [-0.2, -0.15) is 0 Å². The van der Waals surface area contributed by atoms with E-state index in [1.807, 2.05) is 0 Å². The van der Waals surface area contributed by atoms with E-state index < -0.39 is 0 Å². The third-order valence-corrected chi connectivity index (χ3v) is 8.02. The highest BCUT2D eigenvalue weighted by Gasteiger charge is 2.29. The summed E-state index contributed by atoms with van der Waals surface area (Å²) >= 11 is 1.74. The highest BCUT2D eigenvalue weighted by Crippen LogP contribution is 2.34. The van der Waals surface area contributed by atoms with Crippen LogP contribution in [0.2, 0.25) is 0 Å². The minimum absolute atomic E-state index is 0.0209. The number of hydrogen-bond donors (Lipinski definition) is 1. The molecular weight excluding hydrogens is 444 g/mol. The molecule has 0 amide bonds. The Bertz CT molecular complexity index is 1320. The van der Waals surface area contributed by atoms with Gasteiger partial charge in [0.25, 0.3) is 5.56 Å². The van der Waals surface area contributed by atoms with Gasteiger partial charge in [-0.25, -0.2) is 4.68 Å². The van der Waals surface area contributed by atoms with E-state index in [2.05, 4.69) is 86.6 Å². The maximum Gasteiger partial charge on any atom is 0.252 e. The summed E-state index contributed by atoms with van der Waals surface area (Å²) in [6.45, 7) is 7.64. The van der Waals surface area contributed by atoms with Gasteiger partial charge in [-0.1, -0.05) is 25.8 Å². The first-order valence-corrected chi connectivity index (χ1v) is 13.1. The molecule has 34 heavy (non-hydrogen) atoms. The predicted octanol–water partition coefficient (Wildman–Crippen LogP) is 5.46. The van der Waals surface area contributed by atoms with E-state index in [-0.39, 0.29) is 11.6 Å². The van der Waals surface area contributed by atoms with Crippen LogP contribution in [0.15, 0.2) is 40.5 Å². The highest BCUT2D eigenvalue weighted by molar-refractivity contribution is 7.09. The fourth-order valence-corrected chi connectivity index (χ4v) is 5.90. The molecule has 1 aliphatic rings. The topological polar surface area (TPSA) is 79.7 Å². The standard InChI is InChI=1S/C26H32N6OS/c1-4-24(25-28-29-30-32(25)21-8-5-6-9-21)31(16-22-10-7-11-34-22)15-20-14-19-12-17(2)18(3)13-23(19)27-26(20)33/h7,10-14,21,24H,4-6,8-9,15-16H2,1-3H3,(H,27,33). The first-order chi connectivity index (χ1) is 16.5. The molecule has 1 unspecified atom stereocenters. The Hall–Kier alpha value is -2.84. The van der Waals surface area contributed by atoms with Crippen molar-refractivity contribution in [3.63, 3.8) is 0 Å². The molecule has 0 radical (unpaired) electrons. The molecule has 4 aromatic rings. The molecule has 3 heterocycles. The van der Waals surface area contributed by atoms with Crippen LogP contribution < -0.4 is 5.56 Å². The average molecular weight is 477 g/mol. The Morgan fingerprint density at radius 1 is 1.18 bits per heavy atom. The molecule has 1 aromatic carbocycles. The summed E-state index contributed by atoms with van der Waals surface area (Å²) in [5, 5.41) is 16.1. The Morgan fingerprint density at radius 3 is 2.71 bits per heavy atom. The lowest BCUT2D eigenvalue weighted by Crippen LogP contribution is -2.32. The molecule has 3 aromatic heterocycles. The molecule has 1 atom stereocenters. The van der Waals surface area contributed by atoms with Crippen molar-refractivity contribution in [1.29, 1.82) is 0 Å². The van der Waals surface area contributed by atoms with E-state index in [0.717, 1.165) is 48.1 Å². The minimum Gasteiger partial charge on any atom is -0.322 e. The number of pyridine rings is 1. The molecule has 0 saturated heterocycles. The molecule has 1 saturated carbocycles. The number of nitrogens with one attached hydrogen (secondary N) is 1. The lowest BCUT2D eigenvalue weighted by molar-refractivity contribution is 0.159. The molecular formula is C26H32N6OS. The van der Waals surface area contributed by atoms with Gasteiger partial charge in [-0.05, 0) is 89.7 Å². The number of hydrogen-bond acceptors (Lipinski definition) is 6. The minimum atomic E-state index is -0.0304. The van der Waals surface area contributed by atoms with Gasteiger partial charge in [-0.3, -0.25) is 9.69 Å². The number of aryl methyl sites for hydroxylation is 2. The van der Waals surface area contributed by atoms with E-state index in [0.29, 0.717) is 12.6 Å². The Morgan fingerprint density at radius 2 is 1.97 bits per heavy atom. The van der Waals surface area contributed by atoms with E-state index >= 15 is 0 Å². The molecule has 178 valence electrons. The SMILES string of the molecule is CCC(c1nnnn1C1CCCC1)N(Cc1cccs1)Cc1cc2cc(C)c(C)cc2[nH]c1=O. The van der Waals surface area contributed by atoms with Gasteiger partial charge in [0.1, 0.15) is 0 Å². The second-order valence-corrected chi connectivity index (χ2v) is 10.5. The van der Waals surface area contributed by atoms with Crippen molar-refractivity contribution in [2.45, 2.75) is 78.0 Å². The average Bonchev–Trinajstić information content (AvgIpc) is 3.59. The molecule has 0 aliphatic heterocycles. The Balaban J connectivity index is 1.53. The lowest BCUT2D eigenvalue weighted by atomic mass is 10.0. The quantitative estimate of drug-likeness (QED) is 0.365. The maximum atomic E-state index is 13.1. The van der Waals surface area contributed by atoms with Crippen LogP contribution in [0.5, 0.6) is 0 Å². The van der Waals surface area contributed by atoms with Crippen LogP contribution in [-0.2, 0) is 13.1 Å². The van der Waals surface area contributed by atoms with Crippen molar-refractivity contribution in [2.24, 2.45) is 0 Å². The summed E-state index contributed by atoms with van der Waals surface area (Å²) in [5.74, 6) is 0.912. The number of benzene rings is 1. The smallest absolute Gasteiger partial charge is 0.252 e. The molecule has 0 bridgehead atoms. The van der Waals surface area contributed by atoms with E-state index in [1.165, 1.54) is 28.8 Å². The van der Waals surface area contributed by atoms with Crippen LogP contribution in [0.3, 0.4) is 0 Å². The number of nitrogens with zero attached hydrogens (tertiary/aromatic N) is 5. The van der Waals surface area contributed by atoms with Crippen molar-refractivity contribution >= 4 is 22.2 Å². The molecule has 1 aliphatic carbocycles. The van der Waals surface area contributed by atoms with E-state index in [4.69, 9.17) is 0 Å². The fraction of sp³-hybridized carbons (Fsp3) is 0.462. The zero-order valence-electron chi connectivity index (χ0n) is 20.1. The predicted molar refractivity (Wildman–Crippen MR) is 136 cm³/mol. The van der Waals surface area contributed by atoms with Gasteiger partial charge in [0, 0.05) is 29.0 Å². The molecule has 5 rings (SSSR count). The number of fused-ring (bicyclic) bond motifs is 1. The molecule has 1 fully saturated rings. The van der Waals surface area contributed by atoms with Crippen LogP contribution in [-0.4, -0.2) is 30.1 Å². The number of rotatable bonds is 8. The number of tetrazole rings is 1. The summed E-state index contributed by atoms with van der Waals surface area (Å²) in [6.07, 6.45) is 5.57. The normalized spacial score (nSPS) is 15.5. The van der Waals surface area contributed by atoms with Crippen molar-refractivity contribution in [3.8, 4) is 0 Å². The number of H-pyrrole nitrogens is 1. The summed E-state index contributed by atoms with van der Waals surface area (Å²) in [4.78, 5) is 19.9. The van der Waals surface area contributed by atoms with Crippen molar-refractivity contribution < 1.29 is 0 Å². The van der Waals surface area contributed by atoms with Gasteiger partial charge in [0.2, 0.25) is 0 Å². The van der Waals surface area contributed by atoms with Crippen LogP contribution in [0, 0.1) is 13.8 Å². The third-order valence-electron chi connectivity index (χ3n) is 7.16. The van der Waals surface area contributed by atoms with Gasteiger partial charge in [0.05, 0.1) is 12.1 Å². The van der Waals surface area contributed by atoms with Crippen molar-refractivity contribution in [3.05, 3.63) is 73.5 Å². The van der Waals surface area contributed by atoms with Crippen molar-refractivity contribution in [1.82, 2.24) is 30.1 Å². The first kappa shape index (κ1) is 22.9. The summed E-state index contributed by atoms with van der Waals surface area (Å²) in [7, 11) is 0. The second kappa shape index (κ2) is 9.80. The molecule has 8 heteroatoms. The van der Waals surface area contributed by atoms with Gasteiger partial charge < -0.3 is 4.98 Å². The molecule has 1 N–H and O–H groups in total. The second-order valence-electron chi connectivity index (χ2n) is 9.48. The monoisotopic (exact) mass is 476 g/mol. The lowest BCUT2D eigenvalue weighted by Gasteiger charge is -2.30. The Labute approximate surface area is 203 Å². The largest absolute Gasteiger partial charge is 0.322 e. The maximum absolute atomic E-state index is 13.1. The fourth-order valence-electron chi connectivity index (χ4n) is 5.17. The number of thiophene rings is 1. The third kappa shape index (κ3) is 4.57. The summed E-state index contributed by atoms with van der Waals surface area (Å²) < 4.78 is 2.05. The van der Waals surface area contributed by atoms with Crippen LogP contribution in [0.4, 0.5) is 0 Å².